The Kier molecular flexibility index (Phi) is 4.74. The molecule has 128 valence electrons. The van der Waals surface area contributed by atoms with Crippen LogP contribution in [0, 0.1) is 10.1 Å². The van der Waals surface area contributed by atoms with Gasteiger partial charge in [0.2, 0.25) is 5.91 Å². The van der Waals surface area contributed by atoms with Crippen LogP contribution in [0.25, 0.3) is 0 Å². The average Bonchev–Trinajstić information content (AvgIpc) is 3.39. The van der Waals surface area contributed by atoms with Crippen molar-refractivity contribution in [1.29, 1.82) is 0 Å². The molecule has 0 spiro atoms. The van der Waals surface area contributed by atoms with Crippen molar-refractivity contribution in [3.8, 4) is 0 Å². The molecule has 7 heteroatoms. The Hall–Kier alpha value is -3.22. The van der Waals surface area contributed by atoms with Crippen molar-refractivity contribution < 1.29 is 14.5 Å². The van der Waals surface area contributed by atoms with E-state index in [1.807, 2.05) is 0 Å². The van der Waals surface area contributed by atoms with Gasteiger partial charge in [-0.2, -0.15) is 0 Å². The molecule has 2 N–H and O–H groups in total. The Balaban J connectivity index is 1.67. The van der Waals surface area contributed by atoms with Gasteiger partial charge in [-0.1, -0.05) is 24.3 Å². The lowest BCUT2D eigenvalue weighted by molar-refractivity contribution is -0.385. The molecule has 0 bridgehead atoms. The number of carbonyl (C=O) groups is 2. The van der Waals surface area contributed by atoms with E-state index in [-0.39, 0.29) is 30.0 Å². The van der Waals surface area contributed by atoms with E-state index in [4.69, 9.17) is 0 Å². The third kappa shape index (κ3) is 4.41. The molecule has 7 nitrogen and oxygen atoms in total. The molecule has 0 aromatic heterocycles. The fraction of sp³-hybridized carbons (Fsp3) is 0.222. The third-order valence-electron chi connectivity index (χ3n) is 3.86. The van der Waals surface area contributed by atoms with Gasteiger partial charge in [0, 0.05) is 28.9 Å². The molecule has 0 radical (unpaired) electrons. The van der Waals surface area contributed by atoms with Crippen LogP contribution >= 0.6 is 0 Å². The predicted molar refractivity (Wildman–Crippen MR) is 92.4 cm³/mol. The van der Waals surface area contributed by atoms with Crippen molar-refractivity contribution in [3.05, 3.63) is 69.8 Å². The van der Waals surface area contributed by atoms with Crippen molar-refractivity contribution in [2.45, 2.75) is 25.3 Å². The highest BCUT2D eigenvalue weighted by Gasteiger charge is 2.24. The number of hydrogen-bond donors (Lipinski definition) is 2. The van der Waals surface area contributed by atoms with Crippen molar-refractivity contribution in [1.82, 2.24) is 5.32 Å². The summed E-state index contributed by atoms with van der Waals surface area (Å²) in [6.07, 6.45) is 1.88. The Morgan fingerprint density at radius 2 is 1.88 bits per heavy atom. The highest BCUT2D eigenvalue weighted by atomic mass is 16.6. The molecule has 1 aliphatic rings. The number of nitrogens with zero attached hydrogens (tertiary/aromatic N) is 1. The molecule has 25 heavy (non-hydrogen) atoms. The Bertz CT molecular complexity index is 831. The second kappa shape index (κ2) is 7.12. The summed E-state index contributed by atoms with van der Waals surface area (Å²) in [5.41, 5.74) is 1.20. The third-order valence-corrected chi connectivity index (χ3v) is 3.86. The standard InChI is InChI=1S/C18H17N3O4/c22-17(11-12-4-1-2-7-16(12)21(24)25)19-15-6-3-5-13(10-15)18(23)20-14-8-9-14/h1-7,10,14H,8-9,11H2,(H,19,22)(H,20,23). The summed E-state index contributed by atoms with van der Waals surface area (Å²) in [7, 11) is 0. The van der Waals surface area contributed by atoms with Gasteiger partial charge in [-0.3, -0.25) is 19.7 Å². The van der Waals surface area contributed by atoms with Crippen LogP contribution in [0.15, 0.2) is 48.5 Å². The molecular formula is C18H17N3O4. The molecule has 1 saturated carbocycles. The molecule has 0 unspecified atom stereocenters. The molecule has 0 heterocycles. The molecule has 1 fully saturated rings. The number of anilines is 1. The number of nitro groups is 1. The first kappa shape index (κ1) is 16.6. The van der Waals surface area contributed by atoms with Crippen LogP contribution in [0.5, 0.6) is 0 Å². The van der Waals surface area contributed by atoms with Crippen molar-refractivity contribution in [2.24, 2.45) is 0 Å². The first-order chi connectivity index (χ1) is 12.0. The van der Waals surface area contributed by atoms with E-state index in [1.165, 1.54) is 6.07 Å². The van der Waals surface area contributed by atoms with E-state index in [9.17, 15) is 19.7 Å². The first-order valence-corrected chi connectivity index (χ1v) is 7.96. The highest BCUT2D eigenvalue weighted by Crippen LogP contribution is 2.21. The normalized spacial score (nSPS) is 13.1. The molecule has 0 saturated heterocycles. The Labute approximate surface area is 144 Å². The van der Waals surface area contributed by atoms with Gasteiger partial charge in [-0.15, -0.1) is 0 Å². The maximum atomic E-state index is 12.2. The summed E-state index contributed by atoms with van der Waals surface area (Å²) in [4.78, 5) is 34.7. The van der Waals surface area contributed by atoms with E-state index in [1.54, 1.807) is 42.5 Å². The zero-order valence-corrected chi connectivity index (χ0v) is 13.4. The van der Waals surface area contributed by atoms with Crippen LogP contribution in [-0.4, -0.2) is 22.8 Å². The van der Waals surface area contributed by atoms with Crippen LogP contribution in [-0.2, 0) is 11.2 Å². The predicted octanol–water partition coefficient (Wildman–Crippen LogP) is 2.67. The van der Waals surface area contributed by atoms with Gasteiger partial charge in [0.1, 0.15) is 0 Å². The van der Waals surface area contributed by atoms with Gasteiger partial charge >= 0.3 is 0 Å². The average molecular weight is 339 g/mol. The Morgan fingerprint density at radius 3 is 2.60 bits per heavy atom. The lowest BCUT2D eigenvalue weighted by atomic mass is 10.1. The van der Waals surface area contributed by atoms with Crippen molar-refractivity contribution >= 4 is 23.2 Å². The summed E-state index contributed by atoms with van der Waals surface area (Å²) < 4.78 is 0. The first-order valence-electron chi connectivity index (χ1n) is 7.96. The number of benzene rings is 2. The van der Waals surface area contributed by atoms with E-state index in [0.29, 0.717) is 16.8 Å². The lowest BCUT2D eigenvalue weighted by Gasteiger charge is -2.08. The number of nitro benzene ring substituents is 1. The molecular weight excluding hydrogens is 322 g/mol. The number of carbonyl (C=O) groups excluding carboxylic acids is 2. The van der Waals surface area contributed by atoms with Gasteiger partial charge in [0.25, 0.3) is 11.6 Å². The molecule has 2 aromatic carbocycles. The fourth-order valence-corrected chi connectivity index (χ4v) is 2.45. The zero-order chi connectivity index (χ0) is 17.8. The topological polar surface area (TPSA) is 101 Å². The van der Waals surface area contributed by atoms with Gasteiger partial charge in [0.05, 0.1) is 11.3 Å². The largest absolute Gasteiger partial charge is 0.349 e. The van der Waals surface area contributed by atoms with Gasteiger partial charge < -0.3 is 10.6 Å². The van der Waals surface area contributed by atoms with Crippen molar-refractivity contribution in [3.63, 3.8) is 0 Å². The molecule has 0 atom stereocenters. The SMILES string of the molecule is O=C(Cc1ccccc1[N+](=O)[O-])Nc1cccc(C(=O)NC2CC2)c1. The minimum Gasteiger partial charge on any atom is -0.349 e. The lowest BCUT2D eigenvalue weighted by Crippen LogP contribution is -2.25. The van der Waals surface area contributed by atoms with E-state index in [2.05, 4.69) is 10.6 Å². The maximum absolute atomic E-state index is 12.2. The maximum Gasteiger partial charge on any atom is 0.273 e. The summed E-state index contributed by atoms with van der Waals surface area (Å²) >= 11 is 0. The minimum atomic E-state index is -0.508. The molecule has 1 aliphatic carbocycles. The second-order valence-electron chi connectivity index (χ2n) is 5.94. The molecule has 0 aliphatic heterocycles. The van der Waals surface area contributed by atoms with Gasteiger partial charge in [0.15, 0.2) is 0 Å². The van der Waals surface area contributed by atoms with E-state index in [0.717, 1.165) is 12.8 Å². The zero-order valence-electron chi connectivity index (χ0n) is 13.4. The van der Waals surface area contributed by atoms with E-state index >= 15 is 0 Å². The van der Waals surface area contributed by atoms with Crippen LogP contribution in [0.3, 0.4) is 0 Å². The molecule has 2 aromatic rings. The number of nitrogens with one attached hydrogen (secondary N) is 2. The van der Waals surface area contributed by atoms with Gasteiger partial charge in [-0.25, -0.2) is 0 Å². The number of rotatable bonds is 6. The van der Waals surface area contributed by atoms with Crippen molar-refractivity contribution in [2.75, 3.05) is 5.32 Å². The minimum absolute atomic E-state index is 0.0878. The van der Waals surface area contributed by atoms with Crippen LogP contribution in [0.1, 0.15) is 28.8 Å². The van der Waals surface area contributed by atoms with Crippen LogP contribution < -0.4 is 10.6 Å². The number of amides is 2. The highest BCUT2D eigenvalue weighted by molar-refractivity contribution is 5.98. The second-order valence-corrected chi connectivity index (χ2v) is 5.94. The number of hydrogen-bond acceptors (Lipinski definition) is 4. The summed E-state index contributed by atoms with van der Waals surface area (Å²) in [5.74, 6) is -0.550. The number of para-hydroxylation sites is 1. The monoisotopic (exact) mass is 339 g/mol. The van der Waals surface area contributed by atoms with Crippen LogP contribution in [0.4, 0.5) is 11.4 Å². The summed E-state index contributed by atoms with van der Waals surface area (Å²) in [6, 6.07) is 13.0. The molecule has 2 amide bonds. The summed E-state index contributed by atoms with van der Waals surface area (Å²) in [6.45, 7) is 0. The quantitative estimate of drug-likeness (QED) is 0.624. The van der Waals surface area contributed by atoms with Gasteiger partial charge in [-0.05, 0) is 31.0 Å². The summed E-state index contributed by atoms with van der Waals surface area (Å²) in [5, 5.41) is 16.6. The van der Waals surface area contributed by atoms with Crippen LogP contribution in [0.2, 0.25) is 0 Å². The Morgan fingerprint density at radius 1 is 1.12 bits per heavy atom. The smallest absolute Gasteiger partial charge is 0.273 e. The van der Waals surface area contributed by atoms with E-state index < -0.39 is 4.92 Å². The molecule has 3 rings (SSSR count). The fourth-order valence-electron chi connectivity index (χ4n) is 2.45.